The summed E-state index contributed by atoms with van der Waals surface area (Å²) in [6.45, 7) is 2.03. The van der Waals surface area contributed by atoms with E-state index in [1.807, 2.05) is 19.1 Å². The molecule has 4 heteroatoms. The van der Waals surface area contributed by atoms with E-state index in [2.05, 4.69) is 0 Å². The second kappa shape index (κ2) is 4.94. The Morgan fingerprint density at radius 1 is 1.18 bits per heavy atom. The monoisotopic (exact) mass is 254 g/mol. The lowest BCUT2D eigenvalue weighted by Crippen LogP contribution is -1.98. The van der Waals surface area contributed by atoms with Crippen molar-refractivity contribution >= 4 is 11.3 Å². The summed E-state index contributed by atoms with van der Waals surface area (Å²) in [5.41, 5.74) is 0.369. The van der Waals surface area contributed by atoms with E-state index in [4.69, 9.17) is 0 Å². The predicted octanol–water partition coefficient (Wildman–Crippen LogP) is 3.67. The number of rotatable bonds is 3. The second-order valence-corrected chi connectivity index (χ2v) is 4.93. The molecule has 0 amide bonds. The number of thiophene rings is 1. The minimum absolute atomic E-state index is 0.369. The summed E-state index contributed by atoms with van der Waals surface area (Å²) in [6, 6.07) is 7.21. The highest BCUT2D eigenvalue weighted by molar-refractivity contribution is 7.12. The van der Waals surface area contributed by atoms with Gasteiger partial charge in [0, 0.05) is 9.75 Å². The highest BCUT2D eigenvalue weighted by Gasteiger charge is 2.14. The zero-order valence-corrected chi connectivity index (χ0v) is 10.1. The number of benzene rings is 1. The Hall–Kier alpha value is -1.26. The van der Waals surface area contributed by atoms with Crippen molar-refractivity contribution in [1.82, 2.24) is 0 Å². The van der Waals surface area contributed by atoms with Crippen LogP contribution >= 0.6 is 11.3 Å². The van der Waals surface area contributed by atoms with Crippen LogP contribution in [-0.2, 0) is 6.42 Å². The highest BCUT2D eigenvalue weighted by atomic mass is 32.1. The van der Waals surface area contributed by atoms with Gasteiger partial charge in [0.25, 0.3) is 0 Å². The van der Waals surface area contributed by atoms with Gasteiger partial charge in [0.1, 0.15) is 6.10 Å². The first-order valence-corrected chi connectivity index (χ1v) is 6.15. The van der Waals surface area contributed by atoms with Crippen molar-refractivity contribution in [2.45, 2.75) is 19.4 Å². The molecule has 17 heavy (non-hydrogen) atoms. The first kappa shape index (κ1) is 12.2. The normalized spacial score (nSPS) is 12.7. The van der Waals surface area contributed by atoms with Crippen molar-refractivity contribution in [3.05, 3.63) is 57.3 Å². The van der Waals surface area contributed by atoms with Crippen LogP contribution in [0.15, 0.2) is 30.3 Å². The number of hydrogen-bond donors (Lipinski definition) is 1. The predicted molar refractivity (Wildman–Crippen MR) is 64.1 cm³/mol. The molecule has 1 atom stereocenters. The van der Waals surface area contributed by atoms with E-state index in [1.54, 1.807) is 0 Å². The quantitative estimate of drug-likeness (QED) is 0.886. The van der Waals surface area contributed by atoms with Crippen molar-refractivity contribution in [3.8, 4) is 0 Å². The van der Waals surface area contributed by atoms with Crippen molar-refractivity contribution in [1.29, 1.82) is 0 Å². The van der Waals surface area contributed by atoms with Crippen LogP contribution in [0.25, 0.3) is 0 Å². The van der Waals surface area contributed by atoms with E-state index in [-0.39, 0.29) is 0 Å². The van der Waals surface area contributed by atoms with Crippen LogP contribution in [0.4, 0.5) is 8.78 Å². The van der Waals surface area contributed by atoms with Crippen LogP contribution in [0.1, 0.15) is 28.3 Å². The fraction of sp³-hybridized carbons (Fsp3) is 0.231. The number of halogens is 2. The third-order valence-corrected chi connectivity index (χ3v) is 3.84. The summed E-state index contributed by atoms with van der Waals surface area (Å²) in [4.78, 5) is 1.90. The van der Waals surface area contributed by atoms with Crippen molar-refractivity contribution in [2.75, 3.05) is 0 Å². The summed E-state index contributed by atoms with van der Waals surface area (Å²) >= 11 is 1.48. The van der Waals surface area contributed by atoms with Crippen molar-refractivity contribution in [3.63, 3.8) is 0 Å². The van der Waals surface area contributed by atoms with Crippen LogP contribution in [0, 0.1) is 11.6 Å². The smallest absolute Gasteiger partial charge is 0.159 e. The molecule has 0 aliphatic heterocycles. The average Bonchev–Trinajstić information content (AvgIpc) is 2.80. The molecule has 0 saturated heterocycles. The molecule has 0 bridgehead atoms. The standard InChI is InChI=1S/C13H12F2OS/c1-2-9-4-6-12(17-9)13(16)8-3-5-10(14)11(15)7-8/h3-7,13,16H,2H2,1H3. The lowest BCUT2D eigenvalue weighted by Gasteiger charge is -2.09. The third kappa shape index (κ3) is 2.53. The van der Waals surface area contributed by atoms with Crippen molar-refractivity contribution < 1.29 is 13.9 Å². The fourth-order valence-electron chi connectivity index (χ4n) is 1.58. The molecule has 2 rings (SSSR count). The lowest BCUT2D eigenvalue weighted by molar-refractivity contribution is 0.223. The molecule has 0 fully saturated rings. The van der Waals surface area contributed by atoms with Gasteiger partial charge in [-0.1, -0.05) is 13.0 Å². The molecule has 2 aromatic rings. The molecule has 1 nitrogen and oxygen atoms in total. The van der Waals surface area contributed by atoms with Gasteiger partial charge in [-0.25, -0.2) is 8.78 Å². The van der Waals surface area contributed by atoms with Gasteiger partial charge in [-0.3, -0.25) is 0 Å². The van der Waals surface area contributed by atoms with Gasteiger partial charge in [0.05, 0.1) is 0 Å². The molecule has 0 aliphatic carbocycles. The highest BCUT2D eigenvalue weighted by Crippen LogP contribution is 2.29. The third-order valence-electron chi connectivity index (χ3n) is 2.56. The number of aryl methyl sites for hydroxylation is 1. The van der Waals surface area contributed by atoms with Crippen molar-refractivity contribution in [2.24, 2.45) is 0 Å². The minimum atomic E-state index is -0.936. The van der Waals surface area contributed by atoms with Gasteiger partial charge in [-0.05, 0) is 36.2 Å². The molecule has 1 N–H and O–H groups in total. The van der Waals surface area contributed by atoms with Crippen LogP contribution in [0.2, 0.25) is 0 Å². The Morgan fingerprint density at radius 3 is 2.53 bits per heavy atom. The molecule has 0 spiro atoms. The molecular formula is C13H12F2OS. The summed E-state index contributed by atoms with van der Waals surface area (Å²) < 4.78 is 25.8. The lowest BCUT2D eigenvalue weighted by atomic mass is 10.1. The molecule has 0 saturated carbocycles. The van der Waals surface area contributed by atoms with Crippen LogP contribution in [0.3, 0.4) is 0 Å². The summed E-state index contributed by atoms with van der Waals surface area (Å²) in [5.74, 6) is -1.84. The molecule has 0 aliphatic rings. The number of aliphatic hydroxyl groups is 1. The van der Waals surface area contributed by atoms with E-state index in [1.165, 1.54) is 17.4 Å². The first-order valence-electron chi connectivity index (χ1n) is 5.33. The van der Waals surface area contributed by atoms with E-state index in [0.29, 0.717) is 5.56 Å². The van der Waals surface area contributed by atoms with Gasteiger partial charge in [0.2, 0.25) is 0 Å². The van der Waals surface area contributed by atoms with E-state index in [9.17, 15) is 13.9 Å². The Bertz CT molecular complexity index is 522. The van der Waals surface area contributed by atoms with Gasteiger partial charge in [-0.2, -0.15) is 0 Å². The number of aliphatic hydroxyl groups excluding tert-OH is 1. The zero-order chi connectivity index (χ0) is 12.4. The maximum atomic E-state index is 13.0. The Labute approximate surface area is 102 Å². The molecule has 1 unspecified atom stereocenters. The van der Waals surface area contributed by atoms with Gasteiger partial charge in [-0.15, -0.1) is 11.3 Å². The topological polar surface area (TPSA) is 20.2 Å². The van der Waals surface area contributed by atoms with Gasteiger partial charge >= 0.3 is 0 Å². The first-order chi connectivity index (χ1) is 8.11. The molecule has 1 aromatic carbocycles. The average molecular weight is 254 g/mol. The van der Waals surface area contributed by atoms with E-state index >= 15 is 0 Å². The van der Waals surface area contributed by atoms with Crippen LogP contribution in [0.5, 0.6) is 0 Å². The van der Waals surface area contributed by atoms with Gasteiger partial charge < -0.3 is 5.11 Å². The zero-order valence-electron chi connectivity index (χ0n) is 9.28. The Balaban J connectivity index is 2.29. The van der Waals surface area contributed by atoms with E-state index in [0.717, 1.165) is 28.3 Å². The molecule has 0 radical (unpaired) electrons. The van der Waals surface area contributed by atoms with Gasteiger partial charge in [0.15, 0.2) is 11.6 Å². The van der Waals surface area contributed by atoms with Crippen LogP contribution < -0.4 is 0 Å². The largest absolute Gasteiger partial charge is 0.383 e. The molecule has 90 valence electrons. The summed E-state index contributed by atoms with van der Waals surface area (Å²) in [7, 11) is 0. The SMILES string of the molecule is CCc1ccc(C(O)c2ccc(F)c(F)c2)s1. The summed E-state index contributed by atoms with van der Waals surface area (Å²) in [5, 5.41) is 10.0. The van der Waals surface area contributed by atoms with Crippen LogP contribution in [-0.4, -0.2) is 5.11 Å². The number of hydrogen-bond acceptors (Lipinski definition) is 2. The Morgan fingerprint density at radius 2 is 1.94 bits per heavy atom. The fourth-order valence-corrected chi connectivity index (χ4v) is 2.55. The summed E-state index contributed by atoms with van der Waals surface area (Å²) in [6.07, 6.45) is 0.00483. The minimum Gasteiger partial charge on any atom is -0.383 e. The van der Waals surface area contributed by atoms with E-state index < -0.39 is 17.7 Å². The molecular weight excluding hydrogens is 242 g/mol. The maximum absolute atomic E-state index is 13.0. The maximum Gasteiger partial charge on any atom is 0.159 e. The molecule has 1 aromatic heterocycles. The second-order valence-electron chi connectivity index (χ2n) is 3.73. The molecule has 1 heterocycles. The Kier molecular flexibility index (Phi) is 3.54.